The van der Waals surface area contributed by atoms with E-state index in [0.717, 1.165) is 5.56 Å². The van der Waals surface area contributed by atoms with Gasteiger partial charge in [0.05, 0.1) is 6.54 Å². The number of ketones is 2. The van der Waals surface area contributed by atoms with E-state index in [0.29, 0.717) is 62.0 Å². The Morgan fingerprint density at radius 3 is 2.56 bits per heavy atom. The average molecular weight is 465 g/mol. The normalized spacial score (nSPS) is 17.4. The Hall–Kier alpha value is -2.18. The third-order valence-corrected chi connectivity index (χ3v) is 5.87. The first-order chi connectivity index (χ1) is 14.9. The Morgan fingerprint density at radius 2 is 1.88 bits per heavy atom. The summed E-state index contributed by atoms with van der Waals surface area (Å²) >= 11 is 0. The summed E-state index contributed by atoms with van der Waals surface area (Å²) in [7, 11) is 0. The molecule has 0 bridgehead atoms. The number of nitrogens with zero attached hydrogens (tertiary/aromatic N) is 1. The van der Waals surface area contributed by atoms with Crippen LogP contribution in [-0.4, -0.2) is 35.6 Å². The molecule has 1 atom stereocenters. The SMILES string of the molecule is CCC(=O)c1cc(C(=O)CCCCC2CCNCC2(F)F)cc(Cc2ccccc2)n1.Cl. The van der Waals surface area contributed by atoms with Crippen LogP contribution in [-0.2, 0) is 6.42 Å². The number of carbonyl (C=O) groups excluding carboxylic acids is 2. The van der Waals surface area contributed by atoms with Gasteiger partial charge in [0, 0.05) is 36.4 Å². The van der Waals surface area contributed by atoms with E-state index in [1.807, 2.05) is 30.3 Å². The fourth-order valence-corrected chi connectivity index (χ4v) is 4.03. The van der Waals surface area contributed by atoms with Crippen LogP contribution in [0.3, 0.4) is 0 Å². The molecule has 0 amide bonds. The molecule has 2 heterocycles. The van der Waals surface area contributed by atoms with E-state index in [-0.39, 0.29) is 36.9 Å². The zero-order valence-electron chi connectivity index (χ0n) is 18.4. The van der Waals surface area contributed by atoms with E-state index < -0.39 is 11.8 Å². The van der Waals surface area contributed by atoms with Crippen molar-refractivity contribution in [2.24, 2.45) is 5.92 Å². The van der Waals surface area contributed by atoms with Gasteiger partial charge in [0.1, 0.15) is 5.69 Å². The van der Waals surface area contributed by atoms with Crippen LogP contribution in [0.5, 0.6) is 0 Å². The molecule has 1 aromatic carbocycles. The van der Waals surface area contributed by atoms with Gasteiger partial charge in [-0.3, -0.25) is 9.59 Å². The van der Waals surface area contributed by atoms with Crippen molar-refractivity contribution < 1.29 is 18.4 Å². The second-order valence-corrected chi connectivity index (χ2v) is 8.26. The maximum Gasteiger partial charge on any atom is 0.263 e. The fraction of sp³-hybridized carbons (Fsp3) is 0.480. The minimum absolute atomic E-state index is 0. The Labute approximate surface area is 194 Å². The van der Waals surface area contributed by atoms with Crippen molar-refractivity contribution in [2.75, 3.05) is 13.1 Å². The van der Waals surface area contributed by atoms with E-state index in [4.69, 9.17) is 0 Å². The van der Waals surface area contributed by atoms with Crippen molar-refractivity contribution in [2.45, 2.75) is 57.8 Å². The van der Waals surface area contributed by atoms with Crippen LogP contribution in [0.15, 0.2) is 42.5 Å². The van der Waals surface area contributed by atoms with E-state index in [2.05, 4.69) is 10.3 Å². The van der Waals surface area contributed by atoms with Crippen LogP contribution in [0.25, 0.3) is 0 Å². The number of hydrogen-bond donors (Lipinski definition) is 1. The molecule has 0 aliphatic carbocycles. The molecule has 1 aliphatic heterocycles. The molecule has 4 nitrogen and oxygen atoms in total. The molecule has 32 heavy (non-hydrogen) atoms. The summed E-state index contributed by atoms with van der Waals surface area (Å²) in [6.45, 7) is 2.13. The number of pyridine rings is 1. The number of aromatic nitrogens is 1. The number of rotatable bonds is 10. The Balaban J connectivity index is 0.00000363. The van der Waals surface area contributed by atoms with Gasteiger partial charge in [-0.05, 0) is 43.5 Å². The number of alkyl halides is 2. The number of benzene rings is 1. The first-order valence-corrected chi connectivity index (χ1v) is 11.1. The largest absolute Gasteiger partial charge is 0.311 e. The lowest BCUT2D eigenvalue weighted by Crippen LogP contribution is -2.45. The summed E-state index contributed by atoms with van der Waals surface area (Å²) in [5.41, 5.74) is 2.53. The monoisotopic (exact) mass is 464 g/mol. The number of nitrogens with one attached hydrogen (secondary N) is 1. The summed E-state index contributed by atoms with van der Waals surface area (Å²) in [5.74, 6) is -3.46. The first-order valence-electron chi connectivity index (χ1n) is 11.1. The summed E-state index contributed by atoms with van der Waals surface area (Å²) < 4.78 is 27.9. The highest BCUT2D eigenvalue weighted by Crippen LogP contribution is 2.33. The van der Waals surface area contributed by atoms with E-state index in [9.17, 15) is 18.4 Å². The fourth-order valence-electron chi connectivity index (χ4n) is 4.03. The van der Waals surface area contributed by atoms with Crippen LogP contribution < -0.4 is 5.32 Å². The van der Waals surface area contributed by atoms with Crippen molar-refractivity contribution >= 4 is 24.0 Å². The van der Waals surface area contributed by atoms with Gasteiger partial charge in [-0.15, -0.1) is 12.4 Å². The molecule has 7 heteroatoms. The van der Waals surface area contributed by atoms with Gasteiger partial charge >= 0.3 is 0 Å². The highest BCUT2D eigenvalue weighted by molar-refractivity contribution is 6.00. The van der Waals surface area contributed by atoms with Gasteiger partial charge < -0.3 is 5.32 Å². The minimum Gasteiger partial charge on any atom is -0.311 e. The van der Waals surface area contributed by atoms with Gasteiger partial charge in [-0.1, -0.05) is 43.7 Å². The molecule has 1 aliphatic rings. The molecule has 1 aromatic heterocycles. The second kappa shape index (κ2) is 12.2. The quantitative estimate of drug-likeness (QED) is 0.363. The van der Waals surface area contributed by atoms with Crippen LogP contribution >= 0.6 is 12.4 Å². The molecule has 0 spiro atoms. The molecule has 1 N–H and O–H groups in total. The standard InChI is InChI=1S/C25H30F2N2O2.ClH/c1-2-23(30)22-16-19(15-21(29-22)14-18-8-4-3-5-9-18)24(31)11-7-6-10-20-12-13-28-17-25(20,26)27;/h3-5,8-9,15-16,20,28H,2,6-7,10-14,17H2,1H3;1H. The predicted molar refractivity (Wildman–Crippen MR) is 124 cm³/mol. The van der Waals surface area contributed by atoms with E-state index >= 15 is 0 Å². The van der Waals surface area contributed by atoms with E-state index in [1.165, 1.54) is 0 Å². The van der Waals surface area contributed by atoms with Crippen molar-refractivity contribution in [3.63, 3.8) is 0 Å². The summed E-state index contributed by atoms with van der Waals surface area (Å²) in [5, 5.41) is 2.74. The Morgan fingerprint density at radius 1 is 1.12 bits per heavy atom. The van der Waals surface area contributed by atoms with Gasteiger partial charge in [-0.25, -0.2) is 13.8 Å². The first kappa shape index (κ1) is 26.1. The molecule has 1 unspecified atom stereocenters. The summed E-state index contributed by atoms with van der Waals surface area (Å²) in [6.07, 6.45) is 3.19. The molecule has 2 aromatic rings. The molecule has 1 saturated heterocycles. The lowest BCUT2D eigenvalue weighted by Gasteiger charge is -2.31. The topological polar surface area (TPSA) is 59.1 Å². The molecule has 0 radical (unpaired) electrons. The molecular formula is C25H31ClF2N2O2. The minimum atomic E-state index is -2.67. The highest BCUT2D eigenvalue weighted by Gasteiger charge is 2.40. The third-order valence-electron chi connectivity index (χ3n) is 5.87. The summed E-state index contributed by atoms with van der Waals surface area (Å²) in [6, 6.07) is 13.1. The maximum atomic E-state index is 13.9. The molecule has 174 valence electrons. The molecular weight excluding hydrogens is 434 g/mol. The van der Waals surface area contributed by atoms with Crippen molar-refractivity contribution in [3.05, 3.63) is 65.0 Å². The number of hydrogen-bond acceptors (Lipinski definition) is 4. The number of piperidine rings is 1. The number of halogens is 3. The van der Waals surface area contributed by atoms with Crippen molar-refractivity contribution in [1.82, 2.24) is 10.3 Å². The van der Waals surface area contributed by atoms with Crippen molar-refractivity contribution in [3.8, 4) is 0 Å². The second-order valence-electron chi connectivity index (χ2n) is 8.26. The molecule has 1 fully saturated rings. The predicted octanol–water partition coefficient (Wildman–Crippen LogP) is 5.67. The third kappa shape index (κ3) is 7.17. The van der Waals surface area contributed by atoms with Crippen molar-refractivity contribution in [1.29, 1.82) is 0 Å². The highest BCUT2D eigenvalue weighted by atomic mass is 35.5. The average Bonchev–Trinajstić information content (AvgIpc) is 2.77. The zero-order chi connectivity index (χ0) is 22.3. The van der Waals surface area contributed by atoms with Gasteiger partial charge in [-0.2, -0.15) is 0 Å². The van der Waals surface area contributed by atoms with Crippen LogP contribution in [0.1, 0.15) is 77.6 Å². The lowest BCUT2D eigenvalue weighted by atomic mass is 9.88. The maximum absolute atomic E-state index is 13.9. The van der Waals surface area contributed by atoms with Crippen LogP contribution in [0.2, 0.25) is 0 Å². The summed E-state index contributed by atoms with van der Waals surface area (Å²) in [4.78, 5) is 29.5. The van der Waals surface area contributed by atoms with Crippen LogP contribution in [0, 0.1) is 5.92 Å². The molecule has 0 saturated carbocycles. The smallest absolute Gasteiger partial charge is 0.263 e. The Kier molecular flexibility index (Phi) is 9.91. The lowest BCUT2D eigenvalue weighted by molar-refractivity contribution is -0.0765. The van der Waals surface area contributed by atoms with Gasteiger partial charge in [0.15, 0.2) is 11.6 Å². The van der Waals surface area contributed by atoms with E-state index in [1.54, 1.807) is 19.1 Å². The number of Topliss-reactive ketones (excluding diaryl/α,β-unsaturated/α-hetero) is 2. The zero-order valence-corrected chi connectivity index (χ0v) is 19.2. The van der Waals surface area contributed by atoms with Gasteiger partial charge in [0.25, 0.3) is 5.92 Å². The van der Waals surface area contributed by atoms with Crippen LogP contribution in [0.4, 0.5) is 8.78 Å². The number of carbonyl (C=O) groups is 2. The Bertz CT molecular complexity index is 906. The van der Waals surface area contributed by atoms with Gasteiger partial charge in [0.2, 0.25) is 0 Å². The number of unbranched alkanes of at least 4 members (excludes halogenated alkanes) is 1. The molecule has 3 rings (SSSR count).